The minimum absolute atomic E-state index is 0.159. The SMILES string of the molecule is N#CC1(c2nc(C(=O)O)c3n2CCCC3)CCC1. The van der Waals surface area contributed by atoms with Gasteiger partial charge < -0.3 is 9.67 Å². The first-order chi connectivity index (χ1) is 8.68. The molecular formula is C13H15N3O2. The normalized spacial score (nSPS) is 20.6. The van der Waals surface area contributed by atoms with Crippen LogP contribution in [0, 0.1) is 11.3 Å². The van der Waals surface area contributed by atoms with Gasteiger partial charge in [-0.1, -0.05) is 0 Å². The number of nitriles is 1. The topological polar surface area (TPSA) is 78.9 Å². The van der Waals surface area contributed by atoms with Crippen LogP contribution in [0.25, 0.3) is 0 Å². The molecule has 0 amide bonds. The smallest absolute Gasteiger partial charge is 0.356 e. The highest BCUT2D eigenvalue weighted by Gasteiger charge is 2.44. The van der Waals surface area contributed by atoms with E-state index < -0.39 is 11.4 Å². The highest BCUT2D eigenvalue weighted by atomic mass is 16.4. The Morgan fingerprint density at radius 3 is 2.72 bits per heavy atom. The lowest BCUT2D eigenvalue weighted by atomic mass is 9.69. The van der Waals surface area contributed by atoms with Crippen LogP contribution in [-0.4, -0.2) is 20.6 Å². The van der Waals surface area contributed by atoms with Crippen LogP contribution in [0.2, 0.25) is 0 Å². The summed E-state index contributed by atoms with van der Waals surface area (Å²) in [6, 6.07) is 2.36. The molecule has 0 spiro atoms. The first-order valence-electron chi connectivity index (χ1n) is 6.42. The summed E-state index contributed by atoms with van der Waals surface area (Å²) in [5.41, 5.74) is 0.441. The summed E-state index contributed by atoms with van der Waals surface area (Å²) < 4.78 is 2.00. The Morgan fingerprint density at radius 2 is 2.17 bits per heavy atom. The molecule has 0 bridgehead atoms. The molecule has 0 atom stereocenters. The van der Waals surface area contributed by atoms with Gasteiger partial charge >= 0.3 is 5.97 Å². The van der Waals surface area contributed by atoms with E-state index >= 15 is 0 Å². The molecule has 1 N–H and O–H groups in total. The number of carbonyl (C=O) groups is 1. The molecule has 1 aliphatic carbocycles. The van der Waals surface area contributed by atoms with Crippen LogP contribution < -0.4 is 0 Å². The molecular weight excluding hydrogens is 230 g/mol. The molecule has 0 unspecified atom stereocenters. The van der Waals surface area contributed by atoms with Crippen molar-refractivity contribution in [3.8, 4) is 6.07 Å². The number of aromatic carboxylic acids is 1. The van der Waals surface area contributed by atoms with Crippen LogP contribution >= 0.6 is 0 Å². The molecule has 18 heavy (non-hydrogen) atoms. The van der Waals surface area contributed by atoms with Gasteiger partial charge in [0.1, 0.15) is 11.2 Å². The molecule has 5 nitrogen and oxygen atoms in total. The van der Waals surface area contributed by atoms with Crippen LogP contribution in [0.1, 0.15) is 54.1 Å². The Balaban J connectivity index is 2.16. The summed E-state index contributed by atoms with van der Waals surface area (Å²) in [6.45, 7) is 0.800. The summed E-state index contributed by atoms with van der Waals surface area (Å²) in [4.78, 5) is 15.5. The maximum Gasteiger partial charge on any atom is 0.356 e. The van der Waals surface area contributed by atoms with Crippen molar-refractivity contribution >= 4 is 5.97 Å². The fourth-order valence-electron chi connectivity index (χ4n) is 3.00. The zero-order chi connectivity index (χ0) is 12.8. The number of rotatable bonds is 2. The molecule has 5 heteroatoms. The number of hydrogen-bond donors (Lipinski definition) is 1. The Kier molecular flexibility index (Phi) is 2.40. The van der Waals surface area contributed by atoms with Crippen molar-refractivity contribution in [1.82, 2.24) is 9.55 Å². The molecule has 1 saturated carbocycles. The van der Waals surface area contributed by atoms with Gasteiger partial charge in [0.2, 0.25) is 0 Å². The van der Waals surface area contributed by atoms with Gasteiger partial charge in [0.25, 0.3) is 0 Å². The molecule has 1 aliphatic heterocycles. The van der Waals surface area contributed by atoms with Crippen LogP contribution in [0.5, 0.6) is 0 Å². The second-order valence-corrected chi connectivity index (χ2v) is 5.19. The number of imidazole rings is 1. The number of fused-ring (bicyclic) bond motifs is 1. The first kappa shape index (κ1) is 11.3. The van der Waals surface area contributed by atoms with Gasteiger partial charge in [-0.15, -0.1) is 0 Å². The fourth-order valence-corrected chi connectivity index (χ4v) is 3.00. The van der Waals surface area contributed by atoms with Crippen LogP contribution in [0.15, 0.2) is 0 Å². The second-order valence-electron chi connectivity index (χ2n) is 5.19. The van der Waals surface area contributed by atoms with Gasteiger partial charge in [0, 0.05) is 6.54 Å². The molecule has 1 aromatic heterocycles. The lowest BCUT2D eigenvalue weighted by molar-refractivity contribution is 0.0689. The van der Waals surface area contributed by atoms with Gasteiger partial charge in [-0.05, 0) is 38.5 Å². The van der Waals surface area contributed by atoms with Crippen LogP contribution in [0.3, 0.4) is 0 Å². The second kappa shape index (κ2) is 3.84. The van der Waals surface area contributed by atoms with E-state index in [0.717, 1.165) is 50.8 Å². The summed E-state index contributed by atoms with van der Waals surface area (Å²) in [6.07, 6.45) is 5.44. The van der Waals surface area contributed by atoms with Crippen LogP contribution in [0.4, 0.5) is 0 Å². The average Bonchev–Trinajstić information content (AvgIpc) is 2.69. The van der Waals surface area contributed by atoms with Crippen molar-refractivity contribution in [1.29, 1.82) is 5.26 Å². The molecule has 94 valence electrons. The van der Waals surface area contributed by atoms with E-state index in [4.69, 9.17) is 0 Å². The zero-order valence-electron chi connectivity index (χ0n) is 10.1. The third kappa shape index (κ3) is 1.38. The molecule has 0 radical (unpaired) electrons. The van der Waals surface area contributed by atoms with Crippen molar-refractivity contribution in [2.24, 2.45) is 0 Å². The molecule has 0 saturated heterocycles. The van der Waals surface area contributed by atoms with Crippen molar-refractivity contribution in [2.45, 2.75) is 50.5 Å². The summed E-state index contributed by atoms with van der Waals surface area (Å²) >= 11 is 0. The first-order valence-corrected chi connectivity index (χ1v) is 6.42. The van der Waals surface area contributed by atoms with Crippen LogP contribution in [-0.2, 0) is 18.4 Å². The lowest BCUT2D eigenvalue weighted by Gasteiger charge is -2.35. The minimum Gasteiger partial charge on any atom is -0.476 e. The monoisotopic (exact) mass is 245 g/mol. The van der Waals surface area contributed by atoms with Gasteiger partial charge in [-0.25, -0.2) is 9.78 Å². The quantitative estimate of drug-likeness (QED) is 0.862. The Labute approximate surface area is 105 Å². The van der Waals surface area contributed by atoms with E-state index in [1.807, 2.05) is 4.57 Å². The molecule has 1 fully saturated rings. The van der Waals surface area contributed by atoms with E-state index in [1.165, 1.54) is 0 Å². The maximum atomic E-state index is 11.2. The number of carboxylic acids is 1. The molecule has 2 heterocycles. The minimum atomic E-state index is -0.973. The average molecular weight is 245 g/mol. The largest absolute Gasteiger partial charge is 0.476 e. The van der Waals surface area contributed by atoms with Gasteiger partial charge in [-0.2, -0.15) is 5.26 Å². The number of carboxylic acid groups (broad SMARTS) is 1. The Bertz CT molecular complexity index is 549. The predicted octanol–water partition coefficient (Wildman–Crippen LogP) is 1.86. The zero-order valence-corrected chi connectivity index (χ0v) is 10.1. The predicted molar refractivity (Wildman–Crippen MR) is 63.3 cm³/mol. The highest BCUT2D eigenvalue weighted by Crippen LogP contribution is 2.43. The van der Waals surface area contributed by atoms with Crippen molar-refractivity contribution in [3.05, 3.63) is 17.2 Å². The lowest BCUT2D eigenvalue weighted by Crippen LogP contribution is -2.36. The van der Waals surface area contributed by atoms with E-state index in [0.29, 0.717) is 5.82 Å². The summed E-state index contributed by atoms with van der Waals surface area (Å²) in [7, 11) is 0. The molecule has 2 aliphatic rings. The van der Waals surface area contributed by atoms with E-state index in [-0.39, 0.29) is 5.69 Å². The third-order valence-corrected chi connectivity index (χ3v) is 4.17. The standard InChI is InChI=1S/C13H15N3O2/c14-8-13(5-3-6-13)12-15-10(11(17)18)9-4-1-2-7-16(9)12/h1-7H2,(H,17,18). The molecule has 0 aromatic carbocycles. The molecule has 1 aromatic rings. The number of aromatic nitrogens is 2. The van der Waals surface area contributed by atoms with E-state index in [1.54, 1.807) is 0 Å². The van der Waals surface area contributed by atoms with E-state index in [2.05, 4.69) is 11.1 Å². The number of nitrogens with zero attached hydrogens (tertiary/aromatic N) is 3. The third-order valence-electron chi connectivity index (χ3n) is 4.17. The Morgan fingerprint density at radius 1 is 1.39 bits per heavy atom. The Hall–Kier alpha value is -1.83. The summed E-state index contributed by atoms with van der Waals surface area (Å²) in [5, 5.41) is 18.6. The summed E-state index contributed by atoms with van der Waals surface area (Å²) in [5.74, 6) is -0.275. The number of hydrogen-bond acceptors (Lipinski definition) is 3. The van der Waals surface area contributed by atoms with Crippen molar-refractivity contribution in [2.75, 3.05) is 0 Å². The van der Waals surface area contributed by atoms with Crippen molar-refractivity contribution in [3.63, 3.8) is 0 Å². The van der Waals surface area contributed by atoms with Gasteiger partial charge in [-0.3, -0.25) is 0 Å². The van der Waals surface area contributed by atoms with Gasteiger partial charge in [0.15, 0.2) is 5.69 Å². The van der Waals surface area contributed by atoms with Gasteiger partial charge in [0.05, 0.1) is 11.8 Å². The van der Waals surface area contributed by atoms with Crippen molar-refractivity contribution < 1.29 is 9.90 Å². The highest BCUT2D eigenvalue weighted by molar-refractivity contribution is 5.87. The van der Waals surface area contributed by atoms with E-state index in [9.17, 15) is 15.2 Å². The maximum absolute atomic E-state index is 11.2. The fraction of sp³-hybridized carbons (Fsp3) is 0.615. The molecule has 3 rings (SSSR count).